The number of nitrogens with zero attached hydrogens (tertiary/aromatic N) is 1. The lowest BCUT2D eigenvalue weighted by Gasteiger charge is -2.29. The maximum absolute atomic E-state index is 11.9. The minimum atomic E-state index is -2.95. The van der Waals surface area contributed by atoms with Crippen LogP contribution in [0, 0.1) is 0 Å². The number of carbonyl (C=O) groups excluding carboxylic acids is 1. The average Bonchev–Trinajstić information content (AvgIpc) is 2.28. The number of amides is 1. The Balaban J connectivity index is 2.37. The molecule has 2 N–H and O–H groups in total. The molecule has 1 fully saturated rings. The van der Waals surface area contributed by atoms with E-state index in [9.17, 15) is 13.2 Å². The molecule has 0 bridgehead atoms. The minimum Gasteiger partial charge on any atom is -0.385 e. The summed E-state index contributed by atoms with van der Waals surface area (Å²) in [4.78, 5) is 13.4. The van der Waals surface area contributed by atoms with Gasteiger partial charge in [-0.3, -0.25) is 4.79 Å². The maximum atomic E-state index is 11.9. The van der Waals surface area contributed by atoms with Gasteiger partial charge in [-0.1, -0.05) is 0 Å². The summed E-state index contributed by atoms with van der Waals surface area (Å²) >= 11 is 0. The molecule has 1 atom stereocenters. The highest BCUT2D eigenvalue weighted by Crippen LogP contribution is 2.07. The Kier molecular flexibility index (Phi) is 5.35. The number of carbonyl (C=O) groups is 1. The van der Waals surface area contributed by atoms with Gasteiger partial charge in [0, 0.05) is 26.8 Å². The Morgan fingerprint density at radius 1 is 1.41 bits per heavy atom. The molecule has 0 aromatic heterocycles. The topological polar surface area (TPSA) is 89.7 Å². The SMILES string of the molecule is COCCCC(N)C(=O)N1CCS(=O)(=O)CC1. The molecule has 1 aliphatic heterocycles. The van der Waals surface area contributed by atoms with Gasteiger partial charge >= 0.3 is 0 Å². The van der Waals surface area contributed by atoms with Gasteiger partial charge in [-0.05, 0) is 12.8 Å². The van der Waals surface area contributed by atoms with Crippen molar-refractivity contribution in [2.24, 2.45) is 5.73 Å². The van der Waals surface area contributed by atoms with Crippen LogP contribution >= 0.6 is 0 Å². The lowest BCUT2D eigenvalue weighted by Crippen LogP contribution is -2.50. The van der Waals surface area contributed by atoms with Gasteiger partial charge < -0.3 is 15.4 Å². The lowest BCUT2D eigenvalue weighted by molar-refractivity contribution is -0.132. The van der Waals surface area contributed by atoms with Crippen molar-refractivity contribution in [3.63, 3.8) is 0 Å². The summed E-state index contributed by atoms with van der Waals surface area (Å²) in [6.45, 7) is 1.10. The van der Waals surface area contributed by atoms with Crippen molar-refractivity contribution in [1.82, 2.24) is 4.90 Å². The van der Waals surface area contributed by atoms with Gasteiger partial charge in [0.25, 0.3) is 0 Å². The zero-order valence-electron chi connectivity index (χ0n) is 10.1. The summed E-state index contributed by atoms with van der Waals surface area (Å²) in [5.41, 5.74) is 5.76. The highest BCUT2D eigenvalue weighted by molar-refractivity contribution is 7.91. The number of sulfone groups is 1. The summed E-state index contributed by atoms with van der Waals surface area (Å²) in [6, 6.07) is -0.550. The predicted octanol–water partition coefficient (Wildman–Crippen LogP) is -1.00. The molecule has 1 unspecified atom stereocenters. The molecule has 1 saturated heterocycles. The van der Waals surface area contributed by atoms with Crippen LogP contribution in [0.25, 0.3) is 0 Å². The normalized spacial score (nSPS) is 21.2. The van der Waals surface area contributed by atoms with E-state index in [1.54, 1.807) is 12.0 Å². The number of rotatable bonds is 5. The van der Waals surface area contributed by atoms with Crippen LogP contribution in [0.2, 0.25) is 0 Å². The van der Waals surface area contributed by atoms with E-state index < -0.39 is 15.9 Å². The standard InChI is InChI=1S/C10H20N2O4S/c1-16-6-2-3-9(11)10(13)12-4-7-17(14,15)8-5-12/h9H,2-8,11H2,1H3. The van der Waals surface area contributed by atoms with E-state index in [0.717, 1.165) is 6.42 Å². The summed E-state index contributed by atoms with van der Waals surface area (Å²) in [7, 11) is -1.35. The van der Waals surface area contributed by atoms with Crippen molar-refractivity contribution in [3.05, 3.63) is 0 Å². The second-order valence-electron chi connectivity index (χ2n) is 4.22. The summed E-state index contributed by atoms with van der Waals surface area (Å²) in [5, 5.41) is 0. The van der Waals surface area contributed by atoms with Crippen LogP contribution in [-0.2, 0) is 19.4 Å². The van der Waals surface area contributed by atoms with E-state index >= 15 is 0 Å². The summed E-state index contributed by atoms with van der Waals surface area (Å²) in [6.07, 6.45) is 1.30. The van der Waals surface area contributed by atoms with E-state index in [1.165, 1.54) is 0 Å². The molecule has 1 amide bonds. The maximum Gasteiger partial charge on any atom is 0.239 e. The summed E-state index contributed by atoms with van der Waals surface area (Å²) in [5.74, 6) is -0.0661. The first-order valence-electron chi connectivity index (χ1n) is 5.70. The monoisotopic (exact) mass is 264 g/mol. The molecule has 100 valence electrons. The molecular formula is C10H20N2O4S. The molecule has 1 aliphatic rings. The van der Waals surface area contributed by atoms with E-state index in [4.69, 9.17) is 10.5 Å². The number of methoxy groups -OCH3 is 1. The Morgan fingerprint density at radius 2 is 2.00 bits per heavy atom. The van der Waals surface area contributed by atoms with Crippen LogP contribution in [0.5, 0.6) is 0 Å². The molecule has 0 aromatic rings. The highest BCUT2D eigenvalue weighted by atomic mass is 32.2. The molecule has 7 heteroatoms. The number of nitrogens with two attached hydrogens (primary N) is 1. The predicted molar refractivity (Wildman–Crippen MR) is 64.3 cm³/mol. The summed E-state index contributed by atoms with van der Waals surface area (Å²) < 4.78 is 27.3. The van der Waals surface area contributed by atoms with Gasteiger partial charge in [-0.25, -0.2) is 8.42 Å². The number of hydrogen-bond acceptors (Lipinski definition) is 5. The van der Waals surface area contributed by atoms with E-state index in [2.05, 4.69) is 0 Å². The molecule has 0 aliphatic carbocycles. The van der Waals surface area contributed by atoms with Crippen LogP contribution < -0.4 is 5.73 Å². The molecule has 1 rings (SSSR count). The molecular weight excluding hydrogens is 244 g/mol. The highest BCUT2D eigenvalue weighted by Gasteiger charge is 2.27. The van der Waals surface area contributed by atoms with Crippen molar-refractivity contribution >= 4 is 15.7 Å². The molecule has 0 aromatic carbocycles. The minimum absolute atomic E-state index is 0.0452. The van der Waals surface area contributed by atoms with E-state index in [1.807, 2.05) is 0 Å². The Morgan fingerprint density at radius 3 is 2.53 bits per heavy atom. The molecule has 0 radical (unpaired) electrons. The second-order valence-corrected chi connectivity index (χ2v) is 6.52. The number of hydrogen-bond donors (Lipinski definition) is 1. The third kappa shape index (κ3) is 4.61. The molecule has 0 spiro atoms. The fraction of sp³-hybridized carbons (Fsp3) is 0.900. The van der Waals surface area contributed by atoms with Gasteiger partial charge in [0.1, 0.15) is 0 Å². The van der Waals surface area contributed by atoms with Crippen LogP contribution in [0.1, 0.15) is 12.8 Å². The quantitative estimate of drug-likeness (QED) is 0.643. The first-order valence-corrected chi connectivity index (χ1v) is 7.52. The van der Waals surface area contributed by atoms with Gasteiger partial charge in [0.05, 0.1) is 17.5 Å². The van der Waals surface area contributed by atoms with Crippen LogP contribution in [-0.4, -0.2) is 63.6 Å². The third-order valence-corrected chi connectivity index (χ3v) is 4.45. The van der Waals surface area contributed by atoms with Crippen molar-refractivity contribution in [3.8, 4) is 0 Å². The van der Waals surface area contributed by atoms with Crippen molar-refractivity contribution in [1.29, 1.82) is 0 Å². The Hall–Kier alpha value is -0.660. The van der Waals surface area contributed by atoms with Crippen molar-refractivity contribution < 1.29 is 17.9 Å². The van der Waals surface area contributed by atoms with Crippen molar-refractivity contribution in [2.75, 3.05) is 38.3 Å². The average molecular weight is 264 g/mol. The van der Waals surface area contributed by atoms with Crippen LogP contribution in [0.15, 0.2) is 0 Å². The lowest BCUT2D eigenvalue weighted by atomic mass is 10.1. The van der Waals surface area contributed by atoms with Gasteiger partial charge in [-0.15, -0.1) is 0 Å². The van der Waals surface area contributed by atoms with E-state index in [-0.39, 0.29) is 30.5 Å². The fourth-order valence-electron chi connectivity index (χ4n) is 1.74. The Labute approximate surface area is 102 Å². The molecule has 17 heavy (non-hydrogen) atoms. The third-order valence-electron chi connectivity index (χ3n) is 2.84. The first-order chi connectivity index (χ1) is 7.96. The molecule has 1 heterocycles. The van der Waals surface area contributed by atoms with Crippen molar-refractivity contribution in [2.45, 2.75) is 18.9 Å². The van der Waals surface area contributed by atoms with Gasteiger partial charge in [0.15, 0.2) is 9.84 Å². The van der Waals surface area contributed by atoms with Crippen LogP contribution in [0.3, 0.4) is 0 Å². The van der Waals surface area contributed by atoms with Gasteiger partial charge in [0.2, 0.25) is 5.91 Å². The zero-order valence-corrected chi connectivity index (χ0v) is 10.9. The van der Waals surface area contributed by atoms with Crippen LogP contribution in [0.4, 0.5) is 0 Å². The number of ether oxygens (including phenoxy) is 1. The van der Waals surface area contributed by atoms with E-state index in [0.29, 0.717) is 13.0 Å². The van der Waals surface area contributed by atoms with Gasteiger partial charge in [-0.2, -0.15) is 0 Å². The zero-order chi connectivity index (χ0) is 12.9. The fourth-order valence-corrected chi connectivity index (χ4v) is 2.94. The second kappa shape index (κ2) is 6.32. The first kappa shape index (κ1) is 14.4. The smallest absolute Gasteiger partial charge is 0.239 e. The Bertz CT molecular complexity index is 341. The molecule has 0 saturated carbocycles. The largest absolute Gasteiger partial charge is 0.385 e. The molecule has 6 nitrogen and oxygen atoms in total.